The quantitative estimate of drug-likeness (QED) is 0.0553. The number of benzene rings is 4. The van der Waals surface area contributed by atoms with Crippen LogP contribution in [0.1, 0.15) is 127 Å². The lowest BCUT2D eigenvalue weighted by Gasteiger charge is -2.41. The third-order valence-corrected chi connectivity index (χ3v) is 13.3. The van der Waals surface area contributed by atoms with Gasteiger partial charge in [-0.1, -0.05) is 121 Å². The van der Waals surface area contributed by atoms with Crippen molar-refractivity contribution in [3.8, 4) is 0 Å². The molecule has 0 aliphatic heterocycles. The van der Waals surface area contributed by atoms with E-state index in [2.05, 4.69) is 32.6 Å². The van der Waals surface area contributed by atoms with Crippen molar-refractivity contribution in [2.75, 3.05) is 65.4 Å². The average molecular weight is 973 g/mol. The van der Waals surface area contributed by atoms with Crippen LogP contribution >= 0.6 is 0 Å². The van der Waals surface area contributed by atoms with Crippen LogP contribution in [0, 0.1) is 0 Å². The molecule has 4 N–H and O–H groups in total. The molecule has 384 valence electrons. The maximum atomic E-state index is 14.9. The predicted molar refractivity (Wildman–Crippen MR) is 281 cm³/mol. The first kappa shape index (κ1) is 57.4. The van der Waals surface area contributed by atoms with Gasteiger partial charge in [0.25, 0.3) is 0 Å². The zero-order chi connectivity index (χ0) is 52.1. The highest BCUT2D eigenvalue weighted by molar-refractivity contribution is 5.92. The number of ketones is 1. The first-order valence-electron chi connectivity index (χ1n) is 25.2. The molecular formula is C57H80N8O6. The molecule has 0 unspecified atom stereocenters. The van der Waals surface area contributed by atoms with Gasteiger partial charge in [-0.25, -0.2) is 0 Å². The Balaban J connectivity index is 1.69. The van der Waals surface area contributed by atoms with Crippen molar-refractivity contribution in [2.24, 2.45) is 11.5 Å². The Kier molecular flexibility index (Phi) is 23.1. The summed E-state index contributed by atoms with van der Waals surface area (Å²) in [6, 6.07) is 36.4. The standard InChI is InChI=1S/C57H80N8O6/c1-43(66)37-62(44(2)48-25-13-9-14-26-48)56(71)41-64(46(4)50-29-17-11-18-30-50)55(70)38-60(35-23-21-33-58)52(67)40-63(45(3)49-27-15-10-16-28-49)54(69)39-61(36-24-22-34-59)53(68)42-65(57(6,7)8)47(5)51-31-19-12-20-32-51/h9-20,25-32,44-47H,21-24,33-42,58-59H2,1-8H3/t44-,45-,46-,47-/m0/s1. The molecule has 4 rings (SSSR count). The highest BCUT2D eigenvalue weighted by atomic mass is 16.2. The smallest absolute Gasteiger partial charge is 0.243 e. The lowest BCUT2D eigenvalue weighted by atomic mass is 9.98. The summed E-state index contributed by atoms with van der Waals surface area (Å²) in [5, 5.41) is 0. The molecule has 0 aliphatic rings. The SMILES string of the molecule is CC(=O)CN(C(=O)CN(C(=O)CN(CCCCN)C(=O)CN(C(=O)CN(CCCCN)C(=O)CN([C@@H](C)c1ccccc1)C(C)(C)C)[C@@H](C)c1ccccc1)[C@@H](C)c1ccccc1)[C@@H](C)c1ccccc1. The minimum Gasteiger partial charge on any atom is -0.332 e. The number of nitrogens with zero attached hydrogens (tertiary/aromatic N) is 6. The summed E-state index contributed by atoms with van der Waals surface area (Å²) >= 11 is 0. The van der Waals surface area contributed by atoms with Crippen LogP contribution in [-0.2, 0) is 28.8 Å². The molecule has 0 fully saturated rings. The summed E-state index contributed by atoms with van der Waals surface area (Å²) in [6.45, 7) is 15.0. The van der Waals surface area contributed by atoms with E-state index in [1.807, 2.05) is 142 Å². The van der Waals surface area contributed by atoms with Gasteiger partial charge in [0.05, 0.1) is 44.3 Å². The Bertz CT molecular complexity index is 2280. The lowest BCUT2D eigenvalue weighted by Crippen LogP contribution is -2.53. The summed E-state index contributed by atoms with van der Waals surface area (Å²) in [5.41, 5.74) is 14.9. The Hall–Kier alpha value is -6.22. The van der Waals surface area contributed by atoms with Gasteiger partial charge < -0.3 is 36.0 Å². The zero-order valence-corrected chi connectivity index (χ0v) is 43.5. The number of hydrogen-bond donors (Lipinski definition) is 2. The monoisotopic (exact) mass is 973 g/mol. The average Bonchev–Trinajstić information content (AvgIpc) is 3.37. The van der Waals surface area contributed by atoms with Crippen LogP contribution in [0.15, 0.2) is 121 Å². The minimum absolute atomic E-state index is 0.0533. The summed E-state index contributed by atoms with van der Waals surface area (Å²) in [5.74, 6) is -2.23. The van der Waals surface area contributed by atoms with Gasteiger partial charge in [-0.2, -0.15) is 0 Å². The third kappa shape index (κ3) is 17.5. The number of amides is 5. The van der Waals surface area contributed by atoms with Crippen molar-refractivity contribution >= 4 is 35.3 Å². The summed E-state index contributed by atoms with van der Waals surface area (Å²) in [6.07, 6.45) is 2.31. The Morgan fingerprint density at radius 3 is 1.03 bits per heavy atom. The van der Waals surface area contributed by atoms with Crippen molar-refractivity contribution in [3.63, 3.8) is 0 Å². The van der Waals surface area contributed by atoms with Crippen LogP contribution in [0.3, 0.4) is 0 Å². The zero-order valence-electron chi connectivity index (χ0n) is 43.5. The highest BCUT2D eigenvalue weighted by Gasteiger charge is 2.35. The van der Waals surface area contributed by atoms with Gasteiger partial charge in [0.2, 0.25) is 29.5 Å². The minimum atomic E-state index is -0.594. The molecule has 4 aromatic carbocycles. The lowest BCUT2D eigenvalue weighted by molar-refractivity contribution is -0.150. The summed E-state index contributed by atoms with van der Waals surface area (Å²) in [7, 11) is 0. The van der Waals surface area contributed by atoms with Crippen LogP contribution < -0.4 is 11.5 Å². The van der Waals surface area contributed by atoms with Gasteiger partial charge in [0, 0.05) is 24.7 Å². The molecule has 14 nitrogen and oxygen atoms in total. The van der Waals surface area contributed by atoms with Crippen LogP contribution in [0.4, 0.5) is 0 Å². The van der Waals surface area contributed by atoms with E-state index in [1.54, 1.807) is 4.90 Å². The van der Waals surface area contributed by atoms with Crippen LogP contribution in [0.2, 0.25) is 0 Å². The molecular weight excluding hydrogens is 893 g/mol. The Labute approximate surface area is 423 Å². The van der Waals surface area contributed by atoms with Crippen LogP contribution in [-0.4, -0.2) is 136 Å². The number of hydrogen-bond acceptors (Lipinski definition) is 9. The van der Waals surface area contributed by atoms with E-state index in [-0.39, 0.29) is 63.5 Å². The molecule has 0 saturated carbocycles. The second-order valence-corrected chi connectivity index (χ2v) is 19.5. The molecule has 0 bridgehead atoms. The number of carbonyl (C=O) groups is 6. The van der Waals surface area contributed by atoms with E-state index in [9.17, 15) is 28.8 Å². The van der Waals surface area contributed by atoms with Crippen molar-refractivity contribution in [2.45, 2.75) is 111 Å². The van der Waals surface area contributed by atoms with Crippen molar-refractivity contribution < 1.29 is 28.8 Å². The van der Waals surface area contributed by atoms with Crippen molar-refractivity contribution in [3.05, 3.63) is 144 Å². The Morgan fingerprint density at radius 2 is 0.704 bits per heavy atom. The molecule has 0 radical (unpaired) electrons. The normalized spacial score (nSPS) is 13.1. The number of nitrogens with two attached hydrogens (primary N) is 2. The fourth-order valence-electron chi connectivity index (χ4n) is 8.88. The van der Waals surface area contributed by atoms with Gasteiger partial charge in [-0.3, -0.25) is 33.7 Å². The number of rotatable bonds is 28. The number of carbonyl (C=O) groups excluding carboxylic acids is 6. The molecule has 0 heterocycles. The van der Waals surface area contributed by atoms with E-state index in [0.29, 0.717) is 45.3 Å². The number of unbranched alkanes of at least 4 members (excludes halogenated alkanes) is 2. The second-order valence-electron chi connectivity index (χ2n) is 19.5. The summed E-state index contributed by atoms with van der Waals surface area (Å²) < 4.78 is 0. The molecule has 4 atom stereocenters. The third-order valence-electron chi connectivity index (χ3n) is 13.3. The Morgan fingerprint density at radius 1 is 0.408 bits per heavy atom. The van der Waals surface area contributed by atoms with Crippen molar-refractivity contribution in [1.82, 2.24) is 29.4 Å². The van der Waals surface area contributed by atoms with Crippen LogP contribution in [0.5, 0.6) is 0 Å². The molecule has 0 spiro atoms. The fourth-order valence-corrected chi connectivity index (χ4v) is 8.88. The van der Waals surface area contributed by atoms with Crippen LogP contribution in [0.25, 0.3) is 0 Å². The molecule has 0 aliphatic carbocycles. The topological polar surface area (TPSA) is 174 Å². The number of Topliss-reactive ketones (excluding diaryl/α,β-unsaturated/α-hetero) is 1. The van der Waals surface area contributed by atoms with Crippen molar-refractivity contribution in [1.29, 1.82) is 0 Å². The molecule has 14 heteroatoms. The maximum absolute atomic E-state index is 14.9. The molecule has 0 saturated heterocycles. The van der Waals surface area contributed by atoms with Gasteiger partial charge in [0.15, 0.2) is 0 Å². The van der Waals surface area contributed by atoms with E-state index >= 15 is 0 Å². The van der Waals surface area contributed by atoms with Gasteiger partial charge in [-0.05, 0) is 116 Å². The summed E-state index contributed by atoms with van der Waals surface area (Å²) in [4.78, 5) is 95.9. The second kappa shape index (κ2) is 28.6. The highest BCUT2D eigenvalue weighted by Crippen LogP contribution is 2.29. The van der Waals surface area contributed by atoms with E-state index in [0.717, 1.165) is 22.3 Å². The largest absolute Gasteiger partial charge is 0.332 e. The first-order chi connectivity index (χ1) is 33.9. The predicted octanol–water partition coefficient (Wildman–Crippen LogP) is 7.34. The van der Waals surface area contributed by atoms with Gasteiger partial charge in [0.1, 0.15) is 18.9 Å². The molecule has 5 amide bonds. The molecule has 0 aromatic heterocycles. The molecule has 71 heavy (non-hydrogen) atoms. The van der Waals surface area contributed by atoms with Gasteiger partial charge in [-0.15, -0.1) is 0 Å². The maximum Gasteiger partial charge on any atom is 0.243 e. The van der Waals surface area contributed by atoms with E-state index in [4.69, 9.17) is 11.5 Å². The van der Waals surface area contributed by atoms with E-state index in [1.165, 1.54) is 26.5 Å². The molecule has 4 aromatic rings. The van der Waals surface area contributed by atoms with Gasteiger partial charge >= 0.3 is 0 Å². The van der Waals surface area contributed by atoms with E-state index < -0.39 is 47.3 Å². The first-order valence-corrected chi connectivity index (χ1v) is 25.2. The fraction of sp³-hybridized carbons (Fsp3) is 0.474.